The molecule has 0 atom stereocenters. The summed E-state index contributed by atoms with van der Waals surface area (Å²) in [5, 5.41) is 3.38. The highest BCUT2D eigenvalue weighted by Crippen LogP contribution is 2.22. The predicted octanol–water partition coefficient (Wildman–Crippen LogP) is 3.38. The number of hydrogen-bond donors (Lipinski definition) is 1. The van der Waals surface area contributed by atoms with Gasteiger partial charge < -0.3 is 10.1 Å². The van der Waals surface area contributed by atoms with Crippen molar-refractivity contribution in [2.24, 2.45) is 0 Å². The molecule has 0 aliphatic heterocycles. The van der Waals surface area contributed by atoms with Gasteiger partial charge in [0, 0.05) is 6.54 Å². The van der Waals surface area contributed by atoms with Crippen LogP contribution in [-0.4, -0.2) is 19.7 Å². The van der Waals surface area contributed by atoms with E-state index in [4.69, 9.17) is 4.74 Å². The molecule has 1 N–H and O–H groups in total. The molecule has 0 fully saturated rings. The van der Waals surface area contributed by atoms with Crippen LogP contribution in [-0.2, 0) is 0 Å². The third-order valence-corrected chi connectivity index (χ3v) is 3.01. The van der Waals surface area contributed by atoms with Crippen molar-refractivity contribution in [1.29, 1.82) is 0 Å². The molecule has 0 bridgehead atoms. The van der Waals surface area contributed by atoms with Crippen LogP contribution in [0, 0.1) is 20.8 Å². The first-order valence-corrected chi connectivity index (χ1v) is 6.56. The second kappa shape index (κ2) is 7.33. The van der Waals surface area contributed by atoms with Gasteiger partial charge in [0.05, 0.1) is 0 Å². The van der Waals surface area contributed by atoms with E-state index in [2.05, 4.69) is 45.1 Å². The highest BCUT2D eigenvalue weighted by Gasteiger charge is 2.03. The molecule has 2 nitrogen and oxygen atoms in total. The molecule has 17 heavy (non-hydrogen) atoms. The maximum absolute atomic E-state index is 5.82. The Balaban J connectivity index is 2.36. The Bertz CT molecular complexity index is 347. The van der Waals surface area contributed by atoms with E-state index in [1.807, 2.05) is 0 Å². The lowest BCUT2D eigenvalue weighted by Gasteiger charge is -2.12. The standard InChI is InChI=1S/C15H25NO/c1-5-6-7-16-8-9-17-15-11-12(2)10-13(3)14(15)4/h10-11,16H,5-9H2,1-4H3. The molecule has 0 unspecified atom stereocenters. The molecule has 0 radical (unpaired) electrons. The fourth-order valence-electron chi connectivity index (χ4n) is 1.81. The van der Waals surface area contributed by atoms with Crippen molar-refractivity contribution in [1.82, 2.24) is 5.32 Å². The van der Waals surface area contributed by atoms with E-state index in [1.54, 1.807) is 0 Å². The smallest absolute Gasteiger partial charge is 0.122 e. The van der Waals surface area contributed by atoms with E-state index in [-0.39, 0.29) is 0 Å². The summed E-state index contributed by atoms with van der Waals surface area (Å²) in [4.78, 5) is 0. The van der Waals surface area contributed by atoms with E-state index in [0.717, 1.165) is 25.4 Å². The molecule has 0 saturated carbocycles. The molecular weight excluding hydrogens is 210 g/mol. The van der Waals surface area contributed by atoms with Crippen LogP contribution in [0.4, 0.5) is 0 Å². The van der Waals surface area contributed by atoms with Gasteiger partial charge in [0.1, 0.15) is 12.4 Å². The molecule has 1 rings (SSSR count). The third-order valence-electron chi connectivity index (χ3n) is 3.01. The van der Waals surface area contributed by atoms with Gasteiger partial charge in [-0.1, -0.05) is 19.4 Å². The monoisotopic (exact) mass is 235 g/mol. The zero-order valence-corrected chi connectivity index (χ0v) is 11.6. The van der Waals surface area contributed by atoms with E-state index in [9.17, 15) is 0 Å². The second-order valence-corrected chi connectivity index (χ2v) is 4.66. The molecule has 0 aliphatic carbocycles. The average Bonchev–Trinajstić information content (AvgIpc) is 2.29. The average molecular weight is 235 g/mol. The fraction of sp³-hybridized carbons (Fsp3) is 0.600. The maximum atomic E-state index is 5.82. The molecule has 0 amide bonds. The minimum absolute atomic E-state index is 0.743. The van der Waals surface area contributed by atoms with Crippen LogP contribution in [0.5, 0.6) is 5.75 Å². The van der Waals surface area contributed by atoms with Crippen LogP contribution < -0.4 is 10.1 Å². The summed E-state index contributed by atoms with van der Waals surface area (Å²) in [5.74, 6) is 1.03. The number of hydrogen-bond acceptors (Lipinski definition) is 2. The van der Waals surface area contributed by atoms with Gasteiger partial charge in [-0.05, 0) is 56.5 Å². The Kier molecular flexibility index (Phi) is 6.06. The summed E-state index contributed by atoms with van der Waals surface area (Å²) in [5.41, 5.74) is 3.82. The van der Waals surface area contributed by atoms with Gasteiger partial charge in [-0.3, -0.25) is 0 Å². The lowest BCUT2D eigenvalue weighted by atomic mass is 10.1. The number of unbranched alkanes of at least 4 members (excludes halogenated alkanes) is 1. The zero-order valence-electron chi connectivity index (χ0n) is 11.6. The largest absolute Gasteiger partial charge is 0.492 e. The van der Waals surface area contributed by atoms with Crippen molar-refractivity contribution in [2.75, 3.05) is 19.7 Å². The van der Waals surface area contributed by atoms with E-state index in [1.165, 1.54) is 29.5 Å². The summed E-state index contributed by atoms with van der Waals surface area (Å²) >= 11 is 0. The van der Waals surface area contributed by atoms with Crippen molar-refractivity contribution in [3.63, 3.8) is 0 Å². The second-order valence-electron chi connectivity index (χ2n) is 4.66. The van der Waals surface area contributed by atoms with Crippen LogP contribution in [0.25, 0.3) is 0 Å². The predicted molar refractivity (Wildman–Crippen MR) is 73.9 cm³/mol. The fourth-order valence-corrected chi connectivity index (χ4v) is 1.81. The molecule has 2 heteroatoms. The highest BCUT2D eigenvalue weighted by molar-refractivity contribution is 5.41. The minimum atomic E-state index is 0.743. The SMILES string of the molecule is CCCCNCCOc1cc(C)cc(C)c1C. The zero-order chi connectivity index (χ0) is 12.7. The number of nitrogens with one attached hydrogen (secondary N) is 1. The van der Waals surface area contributed by atoms with Gasteiger partial charge in [0.15, 0.2) is 0 Å². The molecule has 0 heterocycles. The van der Waals surface area contributed by atoms with Crippen LogP contribution in [0.2, 0.25) is 0 Å². The Morgan fingerprint density at radius 1 is 1.12 bits per heavy atom. The van der Waals surface area contributed by atoms with Gasteiger partial charge in [0.25, 0.3) is 0 Å². The molecule has 0 aromatic heterocycles. The van der Waals surface area contributed by atoms with Crippen LogP contribution in [0.15, 0.2) is 12.1 Å². The third kappa shape index (κ3) is 4.78. The summed E-state index contributed by atoms with van der Waals surface area (Å²) in [6.07, 6.45) is 2.48. The first-order chi connectivity index (χ1) is 8.15. The molecular formula is C15H25NO. The highest BCUT2D eigenvalue weighted by atomic mass is 16.5. The summed E-state index contributed by atoms with van der Waals surface area (Å²) < 4.78 is 5.82. The number of benzene rings is 1. The van der Waals surface area contributed by atoms with Crippen molar-refractivity contribution in [3.05, 3.63) is 28.8 Å². The van der Waals surface area contributed by atoms with Crippen molar-refractivity contribution < 1.29 is 4.74 Å². The van der Waals surface area contributed by atoms with Crippen LogP contribution in [0.1, 0.15) is 36.5 Å². The Hall–Kier alpha value is -1.02. The summed E-state index contributed by atoms with van der Waals surface area (Å²) in [7, 11) is 0. The van der Waals surface area contributed by atoms with Crippen molar-refractivity contribution >= 4 is 0 Å². The van der Waals surface area contributed by atoms with Gasteiger partial charge in [-0.25, -0.2) is 0 Å². The Labute approximate surface area is 105 Å². The van der Waals surface area contributed by atoms with Gasteiger partial charge in [0.2, 0.25) is 0 Å². The first kappa shape index (κ1) is 14.0. The lowest BCUT2D eigenvalue weighted by molar-refractivity contribution is 0.311. The maximum Gasteiger partial charge on any atom is 0.122 e. The quantitative estimate of drug-likeness (QED) is 0.732. The number of rotatable bonds is 7. The van der Waals surface area contributed by atoms with Gasteiger partial charge in [-0.15, -0.1) is 0 Å². The molecule has 1 aromatic carbocycles. The molecule has 0 spiro atoms. The molecule has 96 valence electrons. The lowest BCUT2D eigenvalue weighted by Crippen LogP contribution is -2.22. The first-order valence-electron chi connectivity index (χ1n) is 6.56. The van der Waals surface area contributed by atoms with Crippen LogP contribution in [0.3, 0.4) is 0 Å². The number of ether oxygens (including phenoxy) is 1. The van der Waals surface area contributed by atoms with Gasteiger partial charge >= 0.3 is 0 Å². The molecule has 0 aliphatic rings. The van der Waals surface area contributed by atoms with Gasteiger partial charge in [-0.2, -0.15) is 0 Å². The topological polar surface area (TPSA) is 21.3 Å². The Morgan fingerprint density at radius 3 is 2.59 bits per heavy atom. The Morgan fingerprint density at radius 2 is 1.88 bits per heavy atom. The van der Waals surface area contributed by atoms with Crippen molar-refractivity contribution in [2.45, 2.75) is 40.5 Å². The summed E-state index contributed by atoms with van der Waals surface area (Å²) in [6, 6.07) is 4.32. The molecule has 0 saturated heterocycles. The van der Waals surface area contributed by atoms with E-state index >= 15 is 0 Å². The molecule has 1 aromatic rings. The van der Waals surface area contributed by atoms with Crippen molar-refractivity contribution in [3.8, 4) is 5.75 Å². The number of aryl methyl sites for hydroxylation is 2. The van der Waals surface area contributed by atoms with E-state index < -0.39 is 0 Å². The minimum Gasteiger partial charge on any atom is -0.492 e. The summed E-state index contributed by atoms with van der Waals surface area (Å²) in [6.45, 7) is 11.3. The normalized spacial score (nSPS) is 10.6. The van der Waals surface area contributed by atoms with E-state index in [0.29, 0.717) is 0 Å². The van der Waals surface area contributed by atoms with Crippen LogP contribution >= 0.6 is 0 Å².